The summed E-state index contributed by atoms with van der Waals surface area (Å²) >= 11 is 0. The lowest BCUT2D eigenvalue weighted by atomic mass is 10.1. The van der Waals surface area contributed by atoms with E-state index in [1.165, 1.54) is 19.3 Å². The SMILES string of the molecule is CN1CCCC(NC(=O)N2CCCCCC2)C1. The van der Waals surface area contributed by atoms with Crippen LogP contribution in [0.1, 0.15) is 38.5 Å². The summed E-state index contributed by atoms with van der Waals surface area (Å²) in [5, 5.41) is 3.19. The lowest BCUT2D eigenvalue weighted by Crippen LogP contribution is -2.50. The van der Waals surface area contributed by atoms with Gasteiger partial charge in [-0.1, -0.05) is 12.8 Å². The summed E-state index contributed by atoms with van der Waals surface area (Å²) in [4.78, 5) is 16.4. The van der Waals surface area contributed by atoms with E-state index in [-0.39, 0.29) is 6.03 Å². The van der Waals surface area contributed by atoms with Crippen LogP contribution in [0.4, 0.5) is 4.79 Å². The molecule has 2 fully saturated rings. The van der Waals surface area contributed by atoms with E-state index in [1.54, 1.807) is 0 Å². The summed E-state index contributed by atoms with van der Waals surface area (Å²) in [6, 6.07) is 0.511. The summed E-state index contributed by atoms with van der Waals surface area (Å²) in [6.07, 6.45) is 7.20. The maximum absolute atomic E-state index is 12.1. The van der Waals surface area contributed by atoms with Crippen molar-refractivity contribution < 1.29 is 4.79 Å². The highest BCUT2D eigenvalue weighted by molar-refractivity contribution is 5.74. The van der Waals surface area contributed by atoms with Crippen LogP contribution in [0.2, 0.25) is 0 Å². The van der Waals surface area contributed by atoms with Crippen LogP contribution >= 0.6 is 0 Å². The zero-order valence-electron chi connectivity index (χ0n) is 11.0. The molecular weight excluding hydrogens is 214 g/mol. The van der Waals surface area contributed by atoms with Crippen LogP contribution in [-0.2, 0) is 0 Å². The lowest BCUT2D eigenvalue weighted by molar-refractivity contribution is 0.179. The third kappa shape index (κ3) is 3.87. The fourth-order valence-electron chi connectivity index (χ4n) is 2.82. The molecule has 17 heavy (non-hydrogen) atoms. The molecule has 1 unspecified atom stereocenters. The molecule has 2 aliphatic heterocycles. The second-order valence-corrected chi connectivity index (χ2v) is 5.45. The maximum Gasteiger partial charge on any atom is 0.317 e. The fourth-order valence-corrected chi connectivity index (χ4v) is 2.82. The van der Waals surface area contributed by atoms with Crippen molar-refractivity contribution in [1.29, 1.82) is 0 Å². The number of piperidine rings is 1. The second-order valence-electron chi connectivity index (χ2n) is 5.45. The average Bonchev–Trinajstić information content (AvgIpc) is 2.57. The molecule has 2 rings (SSSR count). The molecule has 2 saturated heterocycles. The number of carbonyl (C=O) groups excluding carboxylic acids is 1. The topological polar surface area (TPSA) is 35.6 Å². The third-order valence-electron chi connectivity index (χ3n) is 3.85. The van der Waals surface area contributed by atoms with E-state index in [0.717, 1.165) is 45.4 Å². The Morgan fingerprint density at radius 3 is 2.41 bits per heavy atom. The zero-order valence-corrected chi connectivity index (χ0v) is 11.0. The quantitative estimate of drug-likeness (QED) is 0.755. The van der Waals surface area contributed by atoms with Gasteiger partial charge in [0.05, 0.1) is 0 Å². The maximum atomic E-state index is 12.1. The summed E-state index contributed by atoms with van der Waals surface area (Å²) in [5.41, 5.74) is 0. The van der Waals surface area contributed by atoms with E-state index in [0.29, 0.717) is 6.04 Å². The van der Waals surface area contributed by atoms with Gasteiger partial charge in [-0.3, -0.25) is 0 Å². The van der Waals surface area contributed by atoms with Crippen molar-refractivity contribution in [2.45, 2.75) is 44.6 Å². The molecular formula is C13H25N3O. The van der Waals surface area contributed by atoms with Crippen molar-refractivity contribution in [1.82, 2.24) is 15.1 Å². The molecule has 0 aromatic heterocycles. The molecule has 2 amide bonds. The first-order valence-corrected chi connectivity index (χ1v) is 7.00. The van der Waals surface area contributed by atoms with Gasteiger partial charge in [-0.05, 0) is 39.3 Å². The van der Waals surface area contributed by atoms with Crippen LogP contribution in [-0.4, -0.2) is 55.1 Å². The first kappa shape index (κ1) is 12.7. The standard InChI is InChI=1S/C13H25N3O/c1-15-8-6-7-12(11-15)14-13(17)16-9-4-2-3-5-10-16/h12H,2-11H2,1H3,(H,14,17). The highest BCUT2D eigenvalue weighted by Gasteiger charge is 2.22. The molecule has 1 atom stereocenters. The molecule has 0 saturated carbocycles. The predicted octanol–water partition coefficient (Wildman–Crippen LogP) is 1.67. The normalized spacial score (nSPS) is 27.6. The van der Waals surface area contributed by atoms with Crippen LogP contribution in [0.5, 0.6) is 0 Å². The highest BCUT2D eigenvalue weighted by atomic mass is 16.2. The minimum atomic E-state index is 0.159. The number of rotatable bonds is 1. The summed E-state index contributed by atoms with van der Waals surface area (Å²) in [6.45, 7) is 4.04. The van der Waals surface area contributed by atoms with E-state index in [9.17, 15) is 4.79 Å². The first-order chi connectivity index (χ1) is 8.25. The Kier molecular flexibility index (Phi) is 4.66. The third-order valence-corrected chi connectivity index (χ3v) is 3.85. The van der Waals surface area contributed by atoms with Crippen LogP contribution in [0.15, 0.2) is 0 Å². The molecule has 2 heterocycles. The van der Waals surface area contributed by atoms with E-state index in [4.69, 9.17) is 0 Å². The van der Waals surface area contributed by atoms with Crippen LogP contribution in [0, 0.1) is 0 Å². The van der Waals surface area contributed by atoms with E-state index >= 15 is 0 Å². The van der Waals surface area contributed by atoms with Gasteiger partial charge in [-0.25, -0.2) is 4.79 Å². The number of nitrogens with one attached hydrogen (secondary N) is 1. The molecule has 2 aliphatic rings. The summed E-state index contributed by atoms with van der Waals surface area (Å²) in [7, 11) is 2.13. The summed E-state index contributed by atoms with van der Waals surface area (Å²) < 4.78 is 0. The van der Waals surface area contributed by atoms with Crippen molar-refractivity contribution in [2.75, 3.05) is 33.2 Å². The Labute approximate surface area is 104 Å². The van der Waals surface area contributed by atoms with Crippen molar-refractivity contribution in [3.05, 3.63) is 0 Å². The molecule has 4 heteroatoms. The number of carbonyl (C=O) groups is 1. The van der Waals surface area contributed by atoms with Gasteiger partial charge < -0.3 is 15.1 Å². The molecule has 0 spiro atoms. The molecule has 98 valence electrons. The Morgan fingerprint density at radius 2 is 1.76 bits per heavy atom. The Hall–Kier alpha value is -0.770. The van der Waals surface area contributed by atoms with E-state index < -0.39 is 0 Å². The first-order valence-electron chi connectivity index (χ1n) is 7.00. The van der Waals surface area contributed by atoms with E-state index in [1.807, 2.05) is 4.90 Å². The van der Waals surface area contributed by atoms with Gasteiger partial charge in [0.15, 0.2) is 0 Å². The molecule has 0 aromatic rings. The van der Waals surface area contributed by atoms with Crippen molar-refractivity contribution in [3.8, 4) is 0 Å². The van der Waals surface area contributed by atoms with Crippen LogP contribution in [0.25, 0.3) is 0 Å². The van der Waals surface area contributed by atoms with Gasteiger partial charge in [0.25, 0.3) is 0 Å². The number of nitrogens with zero attached hydrogens (tertiary/aromatic N) is 2. The Balaban J connectivity index is 1.78. The van der Waals surface area contributed by atoms with Gasteiger partial charge in [0.2, 0.25) is 0 Å². The van der Waals surface area contributed by atoms with Gasteiger partial charge in [0.1, 0.15) is 0 Å². The Bertz CT molecular complexity index is 249. The number of likely N-dealkylation sites (tertiary alicyclic amines) is 2. The van der Waals surface area contributed by atoms with E-state index in [2.05, 4.69) is 17.3 Å². The minimum Gasteiger partial charge on any atom is -0.334 e. The minimum absolute atomic E-state index is 0.159. The van der Waals surface area contributed by atoms with Crippen LogP contribution < -0.4 is 5.32 Å². The molecule has 0 aliphatic carbocycles. The molecule has 0 aromatic carbocycles. The summed E-state index contributed by atoms with van der Waals surface area (Å²) in [5.74, 6) is 0. The molecule has 0 radical (unpaired) electrons. The largest absolute Gasteiger partial charge is 0.334 e. The lowest BCUT2D eigenvalue weighted by Gasteiger charge is -2.32. The number of hydrogen-bond acceptors (Lipinski definition) is 2. The average molecular weight is 239 g/mol. The monoisotopic (exact) mass is 239 g/mol. The smallest absolute Gasteiger partial charge is 0.317 e. The predicted molar refractivity (Wildman–Crippen MR) is 69.1 cm³/mol. The van der Waals surface area contributed by atoms with Gasteiger partial charge in [-0.15, -0.1) is 0 Å². The second kappa shape index (κ2) is 6.24. The van der Waals surface area contributed by atoms with Crippen molar-refractivity contribution in [3.63, 3.8) is 0 Å². The fraction of sp³-hybridized carbons (Fsp3) is 0.923. The van der Waals surface area contributed by atoms with Crippen molar-refractivity contribution in [2.24, 2.45) is 0 Å². The Morgan fingerprint density at radius 1 is 1.06 bits per heavy atom. The van der Waals surface area contributed by atoms with Crippen LogP contribution in [0.3, 0.4) is 0 Å². The highest BCUT2D eigenvalue weighted by Crippen LogP contribution is 2.12. The number of hydrogen-bond donors (Lipinski definition) is 1. The zero-order chi connectivity index (χ0) is 12.1. The molecule has 1 N–H and O–H groups in total. The molecule has 4 nitrogen and oxygen atoms in total. The van der Waals surface area contributed by atoms with Crippen molar-refractivity contribution >= 4 is 6.03 Å². The number of amides is 2. The number of likely N-dealkylation sites (N-methyl/N-ethyl adjacent to an activating group) is 1. The number of urea groups is 1. The molecule has 0 bridgehead atoms. The van der Waals surface area contributed by atoms with Gasteiger partial charge >= 0.3 is 6.03 Å². The van der Waals surface area contributed by atoms with Gasteiger partial charge in [-0.2, -0.15) is 0 Å². The van der Waals surface area contributed by atoms with Gasteiger partial charge in [0, 0.05) is 25.7 Å².